The Morgan fingerprint density at radius 2 is 2.06 bits per heavy atom. The summed E-state index contributed by atoms with van der Waals surface area (Å²) in [4.78, 5) is 13.8. The monoisotopic (exact) mass is 247 g/mol. The number of likely N-dealkylation sites (tertiary alicyclic amines) is 1. The molecule has 1 aliphatic rings. The molecule has 3 nitrogen and oxygen atoms in total. The van der Waals surface area contributed by atoms with E-state index in [9.17, 15) is 4.79 Å². The number of ether oxygens (including phenoxy) is 1. The molecule has 0 radical (unpaired) electrons. The summed E-state index contributed by atoms with van der Waals surface area (Å²) in [5, 5.41) is 0. The van der Waals surface area contributed by atoms with Crippen LogP contribution in [0.3, 0.4) is 0 Å². The molecule has 0 aliphatic carbocycles. The molecule has 2 atom stereocenters. The van der Waals surface area contributed by atoms with E-state index in [2.05, 4.69) is 13.8 Å². The normalized spacial score (nSPS) is 23.8. The van der Waals surface area contributed by atoms with Crippen LogP contribution in [0.4, 0.5) is 4.79 Å². The van der Waals surface area contributed by atoms with E-state index < -0.39 is 0 Å². The minimum atomic E-state index is -0.182. The van der Waals surface area contributed by atoms with Crippen LogP contribution in [0.25, 0.3) is 0 Å². The van der Waals surface area contributed by atoms with E-state index in [0.717, 1.165) is 24.9 Å². The fourth-order valence-corrected chi connectivity index (χ4v) is 2.48. The second kappa shape index (κ2) is 5.89. The van der Waals surface area contributed by atoms with Crippen molar-refractivity contribution < 1.29 is 9.53 Å². The number of rotatable bonds is 2. The third-order valence-electron chi connectivity index (χ3n) is 3.58. The zero-order valence-corrected chi connectivity index (χ0v) is 11.1. The first kappa shape index (κ1) is 12.9. The maximum absolute atomic E-state index is 12.0. The van der Waals surface area contributed by atoms with Crippen molar-refractivity contribution in [3.05, 3.63) is 35.9 Å². The summed E-state index contributed by atoms with van der Waals surface area (Å²) in [7, 11) is 0. The van der Waals surface area contributed by atoms with Crippen LogP contribution in [-0.4, -0.2) is 23.6 Å². The van der Waals surface area contributed by atoms with Crippen molar-refractivity contribution in [2.45, 2.75) is 39.3 Å². The molecule has 1 fully saturated rings. The van der Waals surface area contributed by atoms with Crippen LogP contribution in [0.15, 0.2) is 30.3 Å². The van der Waals surface area contributed by atoms with Crippen LogP contribution >= 0.6 is 0 Å². The first-order valence-electron chi connectivity index (χ1n) is 6.64. The van der Waals surface area contributed by atoms with Gasteiger partial charge in [-0.2, -0.15) is 0 Å². The standard InChI is InChI=1S/C15H21NO2/c1-12-8-9-16(13(2)10-12)15(17)18-11-14-6-4-3-5-7-14/h3-7,12-13H,8-11H2,1-2H3. The summed E-state index contributed by atoms with van der Waals surface area (Å²) in [5.41, 5.74) is 1.03. The molecular formula is C15H21NO2. The fraction of sp³-hybridized carbons (Fsp3) is 0.533. The van der Waals surface area contributed by atoms with Crippen molar-refractivity contribution >= 4 is 6.09 Å². The van der Waals surface area contributed by atoms with Gasteiger partial charge in [-0.1, -0.05) is 37.3 Å². The zero-order chi connectivity index (χ0) is 13.0. The predicted molar refractivity (Wildman–Crippen MR) is 71.2 cm³/mol. The molecule has 0 spiro atoms. The summed E-state index contributed by atoms with van der Waals surface area (Å²) >= 11 is 0. The molecule has 0 N–H and O–H groups in total. The van der Waals surface area contributed by atoms with Crippen molar-refractivity contribution in [1.29, 1.82) is 0 Å². The van der Waals surface area contributed by atoms with Gasteiger partial charge in [0.15, 0.2) is 0 Å². The third kappa shape index (κ3) is 3.25. The Morgan fingerprint density at radius 3 is 2.72 bits per heavy atom. The lowest BCUT2D eigenvalue weighted by Gasteiger charge is -2.35. The summed E-state index contributed by atoms with van der Waals surface area (Å²) in [6.45, 7) is 5.51. The number of amides is 1. The first-order valence-corrected chi connectivity index (χ1v) is 6.64. The van der Waals surface area contributed by atoms with Gasteiger partial charge >= 0.3 is 6.09 Å². The van der Waals surface area contributed by atoms with Gasteiger partial charge in [-0.3, -0.25) is 0 Å². The van der Waals surface area contributed by atoms with Gasteiger partial charge in [-0.15, -0.1) is 0 Å². The Kier molecular flexibility index (Phi) is 4.24. The number of piperidine rings is 1. The van der Waals surface area contributed by atoms with Crippen molar-refractivity contribution in [2.24, 2.45) is 5.92 Å². The van der Waals surface area contributed by atoms with Gasteiger partial charge in [0.05, 0.1) is 0 Å². The summed E-state index contributed by atoms with van der Waals surface area (Å²) in [6, 6.07) is 10.1. The molecule has 1 amide bonds. The molecule has 1 aromatic rings. The summed E-state index contributed by atoms with van der Waals surface area (Å²) in [5.74, 6) is 0.707. The van der Waals surface area contributed by atoms with Crippen molar-refractivity contribution in [3.8, 4) is 0 Å². The molecule has 1 aromatic carbocycles. The summed E-state index contributed by atoms with van der Waals surface area (Å²) < 4.78 is 5.36. The Balaban J connectivity index is 1.85. The lowest BCUT2D eigenvalue weighted by atomic mass is 9.94. The zero-order valence-electron chi connectivity index (χ0n) is 11.1. The van der Waals surface area contributed by atoms with Gasteiger partial charge in [0.2, 0.25) is 0 Å². The molecule has 2 unspecified atom stereocenters. The SMILES string of the molecule is CC1CCN(C(=O)OCc2ccccc2)C(C)C1. The Bertz CT molecular complexity index is 391. The van der Waals surface area contributed by atoms with Crippen molar-refractivity contribution in [3.63, 3.8) is 0 Å². The van der Waals surface area contributed by atoms with E-state index in [4.69, 9.17) is 4.74 Å². The fourth-order valence-electron chi connectivity index (χ4n) is 2.48. The average molecular weight is 247 g/mol. The number of hydrogen-bond donors (Lipinski definition) is 0. The van der Waals surface area contributed by atoms with Gasteiger partial charge in [0.1, 0.15) is 6.61 Å². The maximum atomic E-state index is 12.0. The highest BCUT2D eigenvalue weighted by Crippen LogP contribution is 2.22. The Hall–Kier alpha value is -1.51. The second-order valence-corrected chi connectivity index (χ2v) is 5.21. The molecule has 0 saturated carbocycles. The molecule has 3 heteroatoms. The van der Waals surface area contributed by atoms with Gasteiger partial charge in [0.25, 0.3) is 0 Å². The van der Waals surface area contributed by atoms with Gasteiger partial charge < -0.3 is 9.64 Å². The Labute approximate surface area is 109 Å². The highest BCUT2D eigenvalue weighted by atomic mass is 16.6. The van der Waals surface area contributed by atoms with E-state index in [1.165, 1.54) is 0 Å². The first-order chi connectivity index (χ1) is 8.66. The van der Waals surface area contributed by atoms with Crippen molar-refractivity contribution in [2.75, 3.05) is 6.54 Å². The van der Waals surface area contributed by atoms with Gasteiger partial charge in [-0.25, -0.2) is 4.79 Å². The van der Waals surface area contributed by atoms with E-state index in [0.29, 0.717) is 12.5 Å². The highest BCUT2D eigenvalue weighted by molar-refractivity contribution is 5.68. The van der Waals surface area contributed by atoms with Crippen LogP contribution < -0.4 is 0 Å². The maximum Gasteiger partial charge on any atom is 0.410 e. The molecule has 1 saturated heterocycles. The quantitative estimate of drug-likeness (QED) is 0.801. The highest BCUT2D eigenvalue weighted by Gasteiger charge is 2.27. The topological polar surface area (TPSA) is 29.5 Å². The number of carbonyl (C=O) groups excluding carboxylic acids is 1. The summed E-state index contributed by atoms with van der Waals surface area (Å²) in [6.07, 6.45) is 1.96. The minimum absolute atomic E-state index is 0.182. The van der Waals surface area contributed by atoms with Crippen LogP contribution in [0.5, 0.6) is 0 Å². The molecule has 1 aliphatic heterocycles. The number of nitrogens with zero attached hydrogens (tertiary/aromatic N) is 1. The molecular weight excluding hydrogens is 226 g/mol. The van der Waals surface area contributed by atoms with E-state index in [-0.39, 0.29) is 12.1 Å². The number of hydrogen-bond acceptors (Lipinski definition) is 2. The van der Waals surface area contributed by atoms with Crippen LogP contribution in [0.2, 0.25) is 0 Å². The van der Waals surface area contributed by atoms with E-state index in [1.54, 1.807) is 0 Å². The lowest BCUT2D eigenvalue weighted by Crippen LogP contribution is -2.44. The predicted octanol–water partition coefficient (Wildman–Crippen LogP) is 3.44. The Morgan fingerprint density at radius 1 is 1.33 bits per heavy atom. The van der Waals surface area contributed by atoms with E-state index in [1.807, 2.05) is 35.2 Å². The number of benzene rings is 1. The van der Waals surface area contributed by atoms with Gasteiger partial charge in [-0.05, 0) is 31.2 Å². The molecule has 18 heavy (non-hydrogen) atoms. The molecule has 1 heterocycles. The van der Waals surface area contributed by atoms with Crippen LogP contribution in [-0.2, 0) is 11.3 Å². The largest absolute Gasteiger partial charge is 0.445 e. The minimum Gasteiger partial charge on any atom is -0.445 e. The smallest absolute Gasteiger partial charge is 0.410 e. The average Bonchev–Trinajstić information content (AvgIpc) is 2.37. The number of carbonyl (C=O) groups is 1. The van der Waals surface area contributed by atoms with Gasteiger partial charge in [0, 0.05) is 12.6 Å². The molecule has 98 valence electrons. The lowest BCUT2D eigenvalue weighted by molar-refractivity contribution is 0.0636. The van der Waals surface area contributed by atoms with Crippen LogP contribution in [0, 0.1) is 5.92 Å². The molecule has 0 bridgehead atoms. The van der Waals surface area contributed by atoms with Crippen molar-refractivity contribution in [1.82, 2.24) is 4.90 Å². The third-order valence-corrected chi connectivity index (χ3v) is 3.58. The molecule has 2 rings (SSSR count). The van der Waals surface area contributed by atoms with Crippen LogP contribution in [0.1, 0.15) is 32.3 Å². The molecule has 0 aromatic heterocycles. The van der Waals surface area contributed by atoms with E-state index >= 15 is 0 Å². The second-order valence-electron chi connectivity index (χ2n) is 5.21.